The number of likely N-dealkylation sites (tertiary alicyclic amines) is 1. The van der Waals surface area contributed by atoms with Crippen molar-refractivity contribution in [1.29, 1.82) is 0 Å². The fourth-order valence-corrected chi connectivity index (χ4v) is 5.02. The molecule has 4 amide bonds. The highest BCUT2D eigenvalue weighted by Gasteiger charge is 2.54. The molecule has 0 radical (unpaired) electrons. The number of hydrogen-bond acceptors (Lipinski definition) is 4. The first kappa shape index (κ1) is 25.8. The summed E-state index contributed by atoms with van der Waals surface area (Å²) in [6.45, 7) is 5.99. The Hall–Kier alpha value is -3.26. The predicted octanol–water partition coefficient (Wildman–Crippen LogP) is 4.18. The second-order valence-electron chi connectivity index (χ2n) is 9.68. The van der Waals surface area contributed by atoms with Gasteiger partial charge in [0.25, 0.3) is 5.91 Å². The number of carbonyl (C=O) groups excluding carboxylic acids is 3. The van der Waals surface area contributed by atoms with Gasteiger partial charge in [0.1, 0.15) is 12.1 Å². The number of para-hydroxylation sites is 1. The van der Waals surface area contributed by atoms with Crippen molar-refractivity contribution in [2.75, 3.05) is 43.1 Å². The van der Waals surface area contributed by atoms with Crippen LogP contribution in [0.2, 0.25) is 5.02 Å². The van der Waals surface area contributed by atoms with E-state index in [1.165, 1.54) is 0 Å². The summed E-state index contributed by atoms with van der Waals surface area (Å²) in [5.74, 6) is 0.185. The van der Waals surface area contributed by atoms with Gasteiger partial charge in [-0.05, 0) is 49.1 Å². The number of benzene rings is 2. The van der Waals surface area contributed by atoms with Gasteiger partial charge < -0.3 is 25.3 Å². The average Bonchev–Trinajstić information content (AvgIpc) is 3.14. The SMILES string of the molecule is CCC(C)CNC(=O)CN1CN(c2ccccc2)C2(CCN(C(=O)Nc3cccc(Cl)c3)CC2)C1=O. The number of halogens is 1. The lowest BCUT2D eigenvalue weighted by Gasteiger charge is -2.43. The van der Waals surface area contributed by atoms with Crippen molar-refractivity contribution in [2.24, 2.45) is 5.92 Å². The van der Waals surface area contributed by atoms with Gasteiger partial charge in [-0.3, -0.25) is 9.59 Å². The maximum Gasteiger partial charge on any atom is 0.321 e. The van der Waals surface area contributed by atoms with Gasteiger partial charge in [0.2, 0.25) is 5.91 Å². The molecule has 0 saturated carbocycles. The Morgan fingerprint density at radius 1 is 1.08 bits per heavy atom. The fraction of sp³-hybridized carbons (Fsp3) is 0.444. The van der Waals surface area contributed by atoms with E-state index in [2.05, 4.69) is 29.4 Å². The van der Waals surface area contributed by atoms with Crippen LogP contribution >= 0.6 is 11.6 Å². The maximum absolute atomic E-state index is 13.8. The molecule has 2 aromatic carbocycles. The largest absolute Gasteiger partial charge is 0.354 e. The van der Waals surface area contributed by atoms with Crippen LogP contribution in [0.15, 0.2) is 54.6 Å². The van der Waals surface area contributed by atoms with E-state index in [4.69, 9.17) is 11.6 Å². The van der Waals surface area contributed by atoms with E-state index in [9.17, 15) is 14.4 Å². The zero-order chi connectivity index (χ0) is 25.7. The Bertz CT molecular complexity index is 1090. The van der Waals surface area contributed by atoms with Crippen molar-refractivity contribution in [1.82, 2.24) is 15.1 Å². The molecule has 1 atom stereocenters. The summed E-state index contributed by atoms with van der Waals surface area (Å²) in [7, 11) is 0. The molecule has 2 fully saturated rings. The van der Waals surface area contributed by atoms with Crippen molar-refractivity contribution < 1.29 is 14.4 Å². The second kappa shape index (κ2) is 11.2. The Morgan fingerprint density at radius 3 is 2.47 bits per heavy atom. The van der Waals surface area contributed by atoms with E-state index < -0.39 is 5.54 Å². The number of urea groups is 1. The summed E-state index contributed by atoms with van der Waals surface area (Å²) < 4.78 is 0. The molecule has 0 aromatic heterocycles. The predicted molar refractivity (Wildman–Crippen MR) is 142 cm³/mol. The molecule has 2 heterocycles. The highest BCUT2D eigenvalue weighted by Crippen LogP contribution is 2.39. The molecule has 192 valence electrons. The van der Waals surface area contributed by atoms with E-state index in [0.717, 1.165) is 12.1 Å². The van der Waals surface area contributed by atoms with Crippen molar-refractivity contribution >= 4 is 40.8 Å². The molecule has 1 unspecified atom stereocenters. The molecule has 2 N–H and O–H groups in total. The van der Waals surface area contributed by atoms with Gasteiger partial charge in [0.05, 0.1) is 6.67 Å². The van der Waals surface area contributed by atoms with Crippen LogP contribution in [-0.4, -0.2) is 66.0 Å². The Balaban J connectivity index is 1.46. The molecule has 2 aliphatic rings. The number of carbonyl (C=O) groups is 3. The van der Waals surface area contributed by atoms with Crippen molar-refractivity contribution in [3.8, 4) is 0 Å². The Labute approximate surface area is 217 Å². The number of anilines is 2. The van der Waals surface area contributed by atoms with Gasteiger partial charge >= 0.3 is 6.03 Å². The van der Waals surface area contributed by atoms with Gasteiger partial charge in [-0.2, -0.15) is 0 Å². The van der Waals surface area contributed by atoms with E-state index in [1.54, 1.807) is 34.1 Å². The van der Waals surface area contributed by atoms with Crippen LogP contribution < -0.4 is 15.5 Å². The molecule has 8 nitrogen and oxygen atoms in total. The molecule has 36 heavy (non-hydrogen) atoms. The number of rotatable bonds is 7. The van der Waals surface area contributed by atoms with Crippen LogP contribution in [0.5, 0.6) is 0 Å². The summed E-state index contributed by atoms with van der Waals surface area (Å²) in [4.78, 5) is 44.7. The maximum atomic E-state index is 13.8. The van der Waals surface area contributed by atoms with Crippen LogP contribution in [0.1, 0.15) is 33.1 Å². The topological polar surface area (TPSA) is 85.0 Å². The van der Waals surface area contributed by atoms with Gasteiger partial charge in [0.15, 0.2) is 0 Å². The van der Waals surface area contributed by atoms with Gasteiger partial charge in [0, 0.05) is 36.0 Å². The van der Waals surface area contributed by atoms with Crippen molar-refractivity contribution in [3.05, 3.63) is 59.6 Å². The van der Waals surface area contributed by atoms with E-state index in [1.807, 2.05) is 30.3 Å². The monoisotopic (exact) mass is 511 g/mol. The summed E-state index contributed by atoms with van der Waals surface area (Å²) >= 11 is 6.04. The number of hydrogen-bond donors (Lipinski definition) is 2. The molecule has 2 aliphatic heterocycles. The van der Waals surface area contributed by atoms with E-state index >= 15 is 0 Å². The molecular formula is C27H34ClN5O3. The summed E-state index contributed by atoms with van der Waals surface area (Å²) in [6, 6.07) is 16.6. The van der Waals surface area contributed by atoms with Gasteiger partial charge in [-0.15, -0.1) is 0 Å². The zero-order valence-electron chi connectivity index (χ0n) is 20.9. The molecule has 0 aliphatic carbocycles. The minimum absolute atomic E-state index is 0.0271. The minimum Gasteiger partial charge on any atom is -0.354 e. The minimum atomic E-state index is -0.787. The first-order chi connectivity index (χ1) is 17.3. The Morgan fingerprint density at radius 2 is 1.81 bits per heavy atom. The average molecular weight is 512 g/mol. The van der Waals surface area contributed by atoms with E-state index in [-0.39, 0.29) is 24.4 Å². The first-order valence-corrected chi connectivity index (χ1v) is 12.9. The second-order valence-corrected chi connectivity index (χ2v) is 10.1. The zero-order valence-corrected chi connectivity index (χ0v) is 21.6. The number of piperidine rings is 1. The van der Waals surface area contributed by atoms with Crippen LogP contribution in [0.25, 0.3) is 0 Å². The fourth-order valence-electron chi connectivity index (χ4n) is 4.83. The lowest BCUT2D eigenvalue weighted by atomic mass is 9.85. The Kier molecular flexibility index (Phi) is 8.04. The third-order valence-corrected chi connectivity index (χ3v) is 7.45. The lowest BCUT2D eigenvalue weighted by Crippen LogP contribution is -2.58. The third kappa shape index (κ3) is 5.59. The smallest absolute Gasteiger partial charge is 0.321 e. The molecule has 2 aromatic rings. The van der Waals surface area contributed by atoms with E-state index in [0.29, 0.717) is 55.8 Å². The standard InChI is InChI=1S/C27H34ClN5O3/c1-3-20(2)17-29-24(34)18-32-19-33(23-10-5-4-6-11-23)27(25(32)35)12-14-31(15-13-27)26(36)30-22-9-7-8-21(28)16-22/h4-11,16,20H,3,12-15,17-19H2,1-2H3,(H,29,34)(H,30,36). The quantitative estimate of drug-likeness (QED) is 0.584. The third-order valence-electron chi connectivity index (χ3n) is 7.21. The highest BCUT2D eigenvalue weighted by atomic mass is 35.5. The van der Waals surface area contributed by atoms with Crippen molar-refractivity contribution in [2.45, 2.75) is 38.6 Å². The van der Waals surface area contributed by atoms with Crippen LogP contribution in [0, 0.1) is 5.92 Å². The molecular weight excluding hydrogens is 478 g/mol. The number of amides is 4. The highest BCUT2D eigenvalue weighted by molar-refractivity contribution is 6.30. The summed E-state index contributed by atoms with van der Waals surface area (Å²) in [6.07, 6.45) is 1.94. The molecule has 9 heteroatoms. The summed E-state index contributed by atoms with van der Waals surface area (Å²) in [5.41, 5.74) is 0.779. The molecule has 2 saturated heterocycles. The molecule has 4 rings (SSSR count). The van der Waals surface area contributed by atoms with Crippen LogP contribution in [-0.2, 0) is 9.59 Å². The van der Waals surface area contributed by atoms with Crippen molar-refractivity contribution in [3.63, 3.8) is 0 Å². The van der Waals surface area contributed by atoms with Gasteiger partial charge in [-0.1, -0.05) is 56.1 Å². The van der Waals surface area contributed by atoms with Crippen LogP contribution in [0.3, 0.4) is 0 Å². The lowest BCUT2D eigenvalue weighted by molar-refractivity contribution is -0.137. The number of nitrogens with zero attached hydrogens (tertiary/aromatic N) is 3. The van der Waals surface area contributed by atoms with Gasteiger partial charge in [-0.25, -0.2) is 4.79 Å². The summed E-state index contributed by atoms with van der Waals surface area (Å²) in [5, 5.41) is 6.39. The first-order valence-electron chi connectivity index (χ1n) is 12.5. The van der Waals surface area contributed by atoms with Crippen LogP contribution in [0.4, 0.5) is 16.2 Å². The molecule has 1 spiro atoms. The number of nitrogens with one attached hydrogen (secondary N) is 2. The normalized spacial score (nSPS) is 17.9. The molecule has 0 bridgehead atoms.